The molecule has 2 heterocycles. The van der Waals surface area contributed by atoms with Crippen molar-refractivity contribution in [2.75, 3.05) is 20.2 Å². The minimum absolute atomic E-state index is 0.00102. The fourth-order valence-corrected chi connectivity index (χ4v) is 2.45. The fraction of sp³-hybridized carbons (Fsp3) is 0.692. The number of aromatic nitrogens is 3. The van der Waals surface area contributed by atoms with E-state index >= 15 is 0 Å². The van der Waals surface area contributed by atoms with E-state index in [2.05, 4.69) is 10.3 Å². The summed E-state index contributed by atoms with van der Waals surface area (Å²) in [5.74, 6) is -1.23. The normalized spacial score (nSPS) is 15.8. The molecule has 1 N–H and O–H groups in total. The summed E-state index contributed by atoms with van der Waals surface area (Å²) in [5, 5.41) is 16.4. The number of nitrogens with zero attached hydrogens (tertiary/aromatic N) is 4. The predicted octanol–water partition coefficient (Wildman–Crippen LogP) is 0.525. The highest BCUT2D eigenvalue weighted by Crippen LogP contribution is 2.12. The van der Waals surface area contributed by atoms with Gasteiger partial charge in [0, 0.05) is 20.2 Å². The smallest absolute Gasteiger partial charge is 0.358 e. The summed E-state index contributed by atoms with van der Waals surface area (Å²) >= 11 is 0. The third-order valence-electron chi connectivity index (χ3n) is 3.57. The van der Waals surface area contributed by atoms with Gasteiger partial charge in [0.25, 0.3) is 0 Å². The van der Waals surface area contributed by atoms with Gasteiger partial charge in [0.15, 0.2) is 5.69 Å². The lowest BCUT2D eigenvalue weighted by Gasteiger charge is -2.20. The molecule has 1 saturated heterocycles. The van der Waals surface area contributed by atoms with Crippen molar-refractivity contribution in [2.24, 2.45) is 0 Å². The molecule has 1 aromatic rings. The zero-order chi connectivity index (χ0) is 15.2. The van der Waals surface area contributed by atoms with Gasteiger partial charge in [0.1, 0.15) is 6.54 Å². The molecule has 0 unspecified atom stereocenters. The van der Waals surface area contributed by atoms with Crippen molar-refractivity contribution in [3.63, 3.8) is 0 Å². The minimum Gasteiger partial charge on any atom is -0.476 e. The van der Waals surface area contributed by atoms with E-state index < -0.39 is 5.97 Å². The van der Waals surface area contributed by atoms with Crippen LogP contribution in [-0.4, -0.2) is 57.1 Å². The molecular weight excluding hydrogens is 276 g/mol. The quantitative estimate of drug-likeness (QED) is 0.851. The summed E-state index contributed by atoms with van der Waals surface area (Å²) in [6.45, 7) is 1.55. The number of carbonyl (C=O) groups is 2. The first-order valence-corrected chi connectivity index (χ1v) is 7.06. The molecule has 0 aliphatic carbocycles. The third kappa shape index (κ3) is 3.78. The second kappa shape index (κ2) is 7.16. The molecule has 0 saturated carbocycles. The molecule has 0 atom stereocenters. The van der Waals surface area contributed by atoms with Gasteiger partial charge in [0.05, 0.1) is 12.3 Å². The van der Waals surface area contributed by atoms with Crippen molar-refractivity contribution >= 4 is 11.9 Å². The molecule has 2 rings (SSSR count). The zero-order valence-electron chi connectivity index (χ0n) is 12.1. The molecule has 0 radical (unpaired) electrons. The maximum absolute atomic E-state index is 12.3. The summed E-state index contributed by atoms with van der Waals surface area (Å²) < 4.78 is 6.30. The van der Waals surface area contributed by atoms with Crippen LogP contribution in [0.2, 0.25) is 0 Å². The number of carboxylic acids is 1. The number of carboxylic acid groups (broad SMARTS) is 1. The van der Waals surface area contributed by atoms with Crippen molar-refractivity contribution in [3.8, 4) is 0 Å². The Hall–Kier alpha value is -1.96. The van der Waals surface area contributed by atoms with E-state index in [1.807, 2.05) is 4.90 Å². The van der Waals surface area contributed by atoms with E-state index in [0.717, 1.165) is 38.8 Å². The number of hydrogen-bond acceptors (Lipinski definition) is 5. The molecule has 1 aliphatic rings. The Bertz CT molecular complexity index is 506. The van der Waals surface area contributed by atoms with Gasteiger partial charge in [-0.25, -0.2) is 9.48 Å². The van der Waals surface area contributed by atoms with Gasteiger partial charge in [0.2, 0.25) is 5.91 Å². The minimum atomic E-state index is -1.17. The largest absolute Gasteiger partial charge is 0.476 e. The van der Waals surface area contributed by atoms with Gasteiger partial charge in [-0.05, 0) is 12.8 Å². The summed E-state index contributed by atoms with van der Waals surface area (Å²) in [7, 11) is 1.46. The van der Waals surface area contributed by atoms with Crippen LogP contribution in [-0.2, 0) is 22.7 Å². The van der Waals surface area contributed by atoms with Crippen LogP contribution in [0.25, 0.3) is 0 Å². The summed E-state index contributed by atoms with van der Waals surface area (Å²) in [5.41, 5.74) is 0.147. The first-order chi connectivity index (χ1) is 10.1. The van der Waals surface area contributed by atoms with Crippen LogP contribution >= 0.6 is 0 Å². The second-order valence-corrected chi connectivity index (χ2v) is 5.08. The Morgan fingerprint density at radius 1 is 1.24 bits per heavy atom. The predicted molar refractivity (Wildman–Crippen MR) is 72.7 cm³/mol. The van der Waals surface area contributed by atoms with E-state index in [4.69, 9.17) is 9.84 Å². The summed E-state index contributed by atoms with van der Waals surface area (Å²) in [6.07, 6.45) is 4.30. The average molecular weight is 296 g/mol. The average Bonchev–Trinajstić information content (AvgIpc) is 2.68. The van der Waals surface area contributed by atoms with Crippen molar-refractivity contribution in [1.29, 1.82) is 0 Å². The molecule has 1 fully saturated rings. The Morgan fingerprint density at radius 3 is 2.48 bits per heavy atom. The fourth-order valence-electron chi connectivity index (χ4n) is 2.45. The number of aromatic carboxylic acids is 1. The van der Waals surface area contributed by atoms with E-state index in [1.54, 1.807) is 0 Å². The summed E-state index contributed by atoms with van der Waals surface area (Å²) in [4.78, 5) is 25.2. The van der Waals surface area contributed by atoms with Gasteiger partial charge >= 0.3 is 5.97 Å². The van der Waals surface area contributed by atoms with Gasteiger partial charge in [-0.2, -0.15) is 0 Å². The Labute approximate surface area is 122 Å². The van der Waals surface area contributed by atoms with Crippen LogP contribution in [0.5, 0.6) is 0 Å². The standard InChI is InChI=1S/C13H20N4O4/c1-21-9-10-12(13(19)20)14-15-17(10)8-11(18)16-6-4-2-3-5-7-16/h2-9H2,1H3,(H,19,20). The van der Waals surface area contributed by atoms with Crippen LogP contribution in [0.3, 0.4) is 0 Å². The van der Waals surface area contributed by atoms with Crippen molar-refractivity contribution in [1.82, 2.24) is 19.9 Å². The molecule has 1 aromatic heterocycles. The molecule has 0 aromatic carbocycles. The van der Waals surface area contributed by atoms with E-state index in [0.29, 0.717) is 5.69 Å². The lowest BCUT2D eigenvalue weighted by Crippen LogP contribution is -2.35. The molecule has 1 aliphatic heterocycles. The number of carbonyl (C=O) groups excluding carboxylic acids is 1. The molecule has 8 nitrogen and oxygen atoms in total. The highest BCUT2D eigenvalue weighted by molar-refractivity contribution is 5.86. The maximum atomic E-state index is 12.3. The number of ether oxygens (including phenoxy) is 1. The number of amides is 1. The first-order valence-electron chi connectivity index (χ1n) is 7.06. The monoisotopic (exact) mass is 296 g/mol. The van der Waals surface area contributed by atoms with E-state index in [9.17, 15) is 9.59 Å². The number of likely N-dealkylation sites (tertiary alicyclic amines) is 1. The summed E-state index contributed by atoms with van der Waals surface area (Å²) in [6, 6.07) is 0. The zero-order valence-corrected chi connectivity index (χ0v) is 12.1. The number of rotatable bonds is 5. The number of methoxy groups -OCH3 is 1. The van der Waals surface area contributed by atoms with Crippen LogP contribution in [0.15, 0.2) is 0 Å². The van der Waals surface area contributed by atoms with Gasteiger partial charge in [-0.15, -0.1) is 5.10 Å². The Kier molecular flexibility index (Phi) is 5.26. The van der Waals surface area contributed by atoms with Crippen LogP contribution < -0.4 is 0 Å². The molecule has 0 bridgehead atoms. The number of hydrogen-bond donors (Lipinski definition) is 1. The first kappa shape index (κ1) is 15.4. The van der Waals surface area contributed by atoms with Crippen molar-refractivity contribution in [2.45, 2.75) is 38.8 Å². The molecule has 8 heteroatoms. The van der Waals surface area contributed by atoms with Gasteiger partial charge in [-0.1, -0.05) is 18.1 Å². The van der Waals surface area contributed by atoms with Crippen LogP contribution in [0.4, 0.5) is 0 Å². The molecule has 0 spiro atoms. The van der Waals surface area contributed by atoms with Crippen molar-refractivity contribution < 1.29 is 19.4 Å². The highest BCUT2D eigenvalue weighted by atomic mass is 16.5. The van der Waals surface area contributed by atoms with Gasteiger partial charge < -0.3 is 14.7 Å². The van der Waals surface area contributed by atoms with Crippen LogP contribution in [0, 0.1) is 0 Å². The Balaban J connectivity index is 2.10. The third-order valence-corrected chi connectivity index (χ3v) is 3.57. The second-order valence-electron chi connectivity index (χ2n) is 5.08. The highest BCUT2D eigenvalue weighted by Gasteiger charge is 2.22. The lowest BCUT2D eigenvalue weighted by molar-refractivity contribution is -0.132. The maximum Gasteiger partial charge on any atom is 0.358 e. The lowest BCUT2D eigenvalue weighted by atomic mass is 10.2. The Morgan fingerprint density at radius 2 is 1.90 bits per heavy atom. The SMILES string of the molecule is COCc1c(C(=O)O)nnn1CC(=O)N1CCCCCC1. The molecule has 1 amide bonds. The molecule has 21 heavy (non-hydrogen) atoms. The molecule has 116 valence electrons. The molecular formula is C13H20N4O4. The van der Waals surface area contributed by atoms with Gasteiger partial charge in [-0.3, -0.25) is 4.79 Å². The van der Waals surface area contributed by atoms with Crippen molar-refractivity contribution in [3.05, 3.63) is 11.4 Å². The van der Waals surface area contributed by atoms with E-state index in [1.165, 1.54) is 11.8 Å². The van der Waals surface area contributed by atoms with E-state index in [-0.39, 0.29) is 24.8 Å². The van der Waals surface area contributed by atoms with Crippen LogP contribution in [0.1, 0.15) is 41.9 Å². The topological polar surface area (TPSA) is 97.5 Å².